The predicted molar refractivity (Wildman–Crippen MR) is 74.2 cm³/mol. The SMILES string of the molecule is Cc1cc(N)n(CC(=O)NC2COc3ccccc32)n1. The van der Waals surface area contributed by atoms with E-state index in [-0.39, 0.29) is 18.5 Å². The van der Waals surface area contributed by atoms with Crippen LogP contribution in [0, 0.1) is 6.92 Å². The van der Waals surface area contributed by atoms with Crippen molar-refractivity contribution in [2.45, 2.75) is 19.5 Å². The van der Waals surface area contributed by atoms with E-state index in [4.69, 9.17) is 10.5 Å². The fourth-order valence-corrected chi connectivity index (χ4v) is 2.35. The average molecular weight is 272 g/mol. The largest absolute Gasteiger partial charge is 0.491 e. The maximum Gasteiger partial charge on any atom is 0.242 e. The first kappa shape index (κ1) is 12.5. The Morgan fingerprint density at radius 3 is 3.10 bits per heavy atom. The normalized spacial score (nSPS) is 16.6. The van der Waals surface area contributed by atoms with Crippen molar-refractivity contribution in [1.82, 2.24) is 15.1 Å². The molecule has 2 heterocycles. The van der Waals surface area contributed by atoms with Gasteiger partial charge in [0.15, 0.2) is 0 Å². The number of hydrogen-bond acceptors (Lipinski definition) is 4. The van der Waals surface area contributed by atoms with Crippen molar-refractivity contribution in [3.63, 3.8) is 0 Å². The number of nitrogens with one attached hydrogen (secondary N) is 1. The molecule has 6 heteroatoms. The molecule has 0 radical (unpaired) electrons. The Balaban J connectivity index is 1.67. The number of amides is 1. The third-order valence-electron chi connectivity index (χ3n) is 3.26. The van der Waals surface area contributed by atoms with Crippen molar-refractivity contribution in [3.8, 4) is 5.75 Å². The summed E-state index contributed by atoms with van der Waals surface area (Å²) in [5, 5.41) is 7.11. The molecule has 1 aromatic carbocycles. The second-order valence-corrected chi connectivity index (χ2v) is 4.84. The molecule has 6 nitrogen and oxygen atoms in total. The quantitative estimate of drug-likeness (QED) is 0.874. The van der Waals surface area contributed by atoms with Gasteiger partial charge in [-0.3, -0.25) is 4.79 Å². The van der Waals surface area contributed by atoms with E-state index >= 15 is 0 Å². The maximum absolute atomic E-state index is 12.1. The molecule has 0 aliphatic carbocycles. The molecule has 20 heavy (non-hydrogen) atoms. The van der Waals surface area contributed by atoms with E-state index in [1.165, 1.54) is 4.68 Å². The second-order valence-electron chi connectivity index (χ2n) is 4.84. The standard InChI is InChI=1S/C14H16N4O2/c1-9-6-13(15)18(17-9)7-14(19)16-11-8-20-12-5-3-2-4-10(11)12/h2-6,11H,7-8,15H2,1H3,(H,16,19). The van der Waals surface area contributed by atoms with Crippen LogP contribution in [0.3, 0.4) is 0 Å². The van der Waals surface area contributed by atoms with Crippen LogP contribution in [0.4, 0.5) is 5.82 Å². The molecular weight excluding hydrogens is 256 g/mol. The highest BCUT2D eigenvalue weighted by atomic mass is 16.5. The Kier molecular flexibility index (Phi) is 3.06. The minimum absolute atomic E-state index is 0.109. The van der Waals surface area contributed by atoms with E-state index in [0.29, 0.717) is 12.4 Å². The Morgan fingerprint density at radius 2 is 2.35 bits per heavy atom. The zero-order chi connectivity index (χ0) is 14.1. The summed E-state index contributed by atoms with van der Waals surface area (Å²) in [6.07, 6.45) is 0. The summed E-state index contributed by atoms with van der Waals surface area (Å²) in [5.41, 5.74) is 7.57. The molecule has 0 spiro atoms. The molecule has 3 N–H and O–H groups in total. The minimum Gasteiger partial charge on any atom is -0.491 e. The Hall–Kier alpha value is -2.50. The number of carbonyl (C=O) groups excluding carboxylic acids is 1. The lowest BCUT2D eigenvalue weighted by Gasteiger charge is -2.12. The molecule has 2 aromatic rings. The van der Waals surface area contributed by atoms with Crippen molar-refractivity contribution >= 4 is 11.7 Å². The van der Waals surface area contributed by atoms with Crippen LogP contribution in [-0.4, -0.2) is 22.3 Å². The van der Waals surface area contributed by atoms with Crippen molar-refractivity contribution in [2.75, 3.05) is 12.3 Å². The number of aryl methyl sites for hydroxylation is 1. The summed E-state index contributed by atoms with van der Waals surface area (Å²) < 4.78 is 7.02. The topological polar surface area (TPSA) is 82.2 Å². The third kappa shape index (κ3) is 2.32. The molecule has 1 aliphatic heterocycles. The number of para-hydroxylation sites is 1. The highest BCUT2D eigenvalue weighted by Crippen LogP contribution is 2.31. The lowest BCUT2D eigenvalue weighted by Crippen LogP contribution is -2.32. The summed E-state index contributed by atoms with van der Waals surface area (Å²) in [7, 11) is 0. The van der Waals surface area contributed by atoms with Gasteiger partial charge in [-0.2, -0.15) is 5.10 Å². The third-order valence-corrected chi connectivity index (χ3v) is 3.26. The van der Waals surface area contributed by atoms with Gasteiger partial charge < -0.3 is 15.8 Å². The van der Waals surface area contributed by atoms with Crippen LogP contribution < -0.4 is 15.8 Å². The Morgan fingerprint density at radius 1 is 1.55 bits per heavy atom. The monoisotopic (exact) mass is 272 g/mol. The first-order valence-electron chi connectivity index (χ1n) is 6.44. The lowest BCUT2D eigenvalue weighted by atomic mass is 10.1. The fraction of sp³-hybridized carbons (Fsp3) is 0.286. The van der Waals surface area contributed by atoms with E-state index in [1.807, 2.05) is 31.2 Å². The molecule has 0 fully saturated rings. The van der Waals surface area contributed by atoms with Gasteiger partial charge in [0.25, 0.3) is 0 Å². The maximum atomic E-state index is 12.1. The van der Waals surface area contributed by atoms with Crippen LogP contribution in [-0.2, 0) is 11.3 Å². The van der Waals surface area contributed by atoms with E-state index in [0.717, 1.165) is 17.0 Å². The van der Waals surface area contributed by atoms with Gasteiger partial charge in [-0.05, 0) is 13.0 Å². The number of aromatic nitrogens is 2. The molecule has 3 rings (SSSR count). The molecular formula is C14H16N4O2. The number of benzene rings is 1. The van der Waals surface area contributed by atoms with Crippen LogP contribution in [0.15, 0.2) is 30.3 Å². The summed E-state index contributed by atoms with van der Waals surface area (Å²) in [5.74, 6) is 1.18. The van der Waals surface area contributed by atoms with Crippen molar-refractivity contribution < 1.29 is 9.53 Å². The number of fused-ring (bicyclic) bond motifs is 1. The molecule has 0 saturated heterocycles. The molecule has 1 unspecified atom stereocenters. The van der Waals surface area contributed by atoms with Crippen molar-refractivity contribution in [1.29, 1.82) is 0 Å². The first-order chi connectivity index (χ1) is 9.63. The lowest BCUT2D eigenvalue weighted by molar-refractivity contribution is -0.122. The Bertz CT molecular complexity index is 650. The zero-order valence-corrected chi connectivity index (χ0v) is 11.2. The van der Waals surface area contributed by atoms with Gasteiger partial charge in [0.05, 0.1) is 11.7 Å². The number of rotatable bonds is 3. The number of hydrogen-bond donors (Lipinski definition) is 2. The minimum atomic E-state index is -0.134. The van der Waals surface area contributed by atoms with Gasteiger partial charge in [0, 0.05) is 11.6 Å². The highest BCUT2D eigenvalue weighted by molar-refractivity contribution is 5.77. The number of anilines is 1. The second kappa shape index (κ2) is 4.88. The van der Waals surface area contributed by atoms with Crippen LogP contribution >= 0.6 is 0 Å². The van der Waals surface area contributed by atoms with E-state index < -0.39 is 0 Å². The number of carbonyl (C=O) groups is 1. The smallest absolute Gasteiger partial charge is 0.242 e. The summed E-state index contributed by atoms with van der Waals surface area (Å²) in [6, 6.07) is 9.33. The van der Waals surface area contributed by atoms with Crippen molar-refractivity contribution in [3.05, 3.63) is 41.6 Å². The average Bonchev–Trinajstić information content (AvgIpc) is 2.94. The highest BCUT2D eigenvalue weighted by Gasteiger charge is 2.25. The molecule has 0 saturated carbocycles. The molecule has 1 atom stereocenters. The van der Waals surface area contributed by atoms with Crippen LogP contribution in [0.1, 0.15) is 17.3 Å². The van der Waals surface area contributed by atoms with Gasteiger partial charge in [0.2, 0.25) is 5.91 Å². The van der Waals surface area contributed by atoms with Crippen molar-refractivity contribution in [2.24, 2.45) is 0 Å². The molecule has 0 bridgehead atoms. The summed E-state index contributed by atoms with van der Waals surface area (Å²) in [4.78, 5) is 12.1. The fourth-order valence-electron chi connectivity index (χ4n) is 2.35. The van der Waals surface area contributed by atoms with Gasteiger partial charge >= 0.3 is 0 Å². The summed E-state index contributed by atoms with van der Waals surface area (Å²) in [6.45, 7) is 2.41. The van der Waals surface area contributed by atoms with Gasteiger partial charge in [-0.25, -0.2) is 4.68 Å². The number of nitrogen functional groups attached to an aromatic ring is 1. The summed E-state index contributed by atoms with van der Waals surface area (Å²) >= 11 is 0. The molecule has 1 amide bonds. The Labute approximate surface area is 116 Å². The zero-order valence-electron chi connectivity index (χ0n) is 11.2. The number of nitrogens with two attached hydrogens (primary N) is 1. The first-order valence-corrected chi connectivity index (χ1v) is 6.44. The van der Waals surface area contributed by atoms with E-state index in [9.17, 15) is 4.79 Å². The van der Waals surface area contributed by atoms with E-state index in [2.05, 4.69) is 10.4 Å². The van der Waals surface area contributed by atoms with Gasteiger partial charge in [-0.15, -0.1) is 0 Å². The van der Waals surface area contributed by atoms with Crippen LogP contribution in [0.25, 0.3) is 0 Å². The number of nitrogens with zero attached hydrogens (tertiary/aromatic N) is 2. The predicted octanol–water partition coefficient (Wildman–Crippen LogP) is 1.02. The van der Waals surface area contributed by atoms with Gasteiger partial charge in [-0.1, -0.05) is 18.2 Å². The van der Waals surface area contributed by atoms with Crippen LogP contribution in [0.2, 0.25) is 0 Å². The number of ether oxygens (including phenoxy) is 1. The van der Waals surface area contributed by atoms with E-state index in [1.54, 1.807) is 6.07 Å². The van der Waals surface area contributed by atoms with Gasteiger partial charge in [0.1, 0.15) is 24.7 Å². The molecule has 1 aliphatic rings. The van der Waals surface area contributed by atoms with Crippen LogP contribution in [0.5, 0.6) is 5.75 Å². The molecule has 104 valence electrons. The molecule has 1 aromatic heterocycles.